The Morgan fingerprint density at radius 2 is 2.20 bits per heavy atom. The van der Waals surface area contributed by atoms with Gasteiger partial charge in [0.25, 0.3) is 0 Å². The smallest absolute Gasteiger partial charge is 0.106 e. The van der Waals surface area contributed by atoms with Crippen LogP contribution in [0.4, 0.5) is 0 Å². The van der Waals surface area contributed by atoms with E-state index in [0.29, 0.717) is 6.04 Å². The van der Waals surface area contributed by atoms with E-state index in [1.807, 2.05) is 12.4 Å². The summed E-state index contributed by atoms with van der Waals surface area (Å²) < 4.78 is 0. The molecular weight excluding hydrogens is 246 g/mol. The summed E-state index contributed by atoms with van der Waals surface area (Å²) in [6, 6.07) is 7.43. The van der Waals surface area contributed by atoms with Crippen LogP contribution in [-0.2, 0) is 19.3 Å². The van der Waals surface area contributed by atoms with Gasteiger partial charge in [-0.25, -0.2) is 4.98 Å². The Balaban J connectivity index is 1.48. The molecule has 0 fully saturated rings. The molecule has 0 bridgehead atoms. The van der Waals surface area contributed by atoms with Crippen molar-refractivity contribution in [3.8, 4) is 0 Å². The lowest BCUT2D eigenvalue weighted by atomic mass is 10.0. The largest absolute Gasteiger partial charge is 0.349 e. The van der Waals surface area contributed by atoms with Crippen molar-refractivity contribution in [2.75, 3.05) is 6.54 Å². The topological polar surface area (TPSA) is 40.7 Å². The molecule has 1 atom stereocenters. The Bertz CT molecular complexity index is 545. The van der Waals surface area contributed by atoms with Gasteiger partial charge in [0.1, 0.15) is 5.82 Å². The summed E-state index contributed by atoms with van der Waals surface area (Å²) in [4.78, 5) is 7.39. The lowest BCUT2D eigenvalue weighted by molar-refractivity contribution is 0.554. The number of nitrogens with zero attached hydrogens (tertiary/aromatic N) is 1. The zero-order valence-electron chi connectivity index (χ0n) is 12.2. The molecular formula is C17H23N3. The Hall–Kier alpha value is -1.61. The fourth-order valence-corrected chi connectivity index (χ4v) is 2.99. The lowest BCUT2D eigenvalue weighted by Crippen LogP contribution is -2.20. The number of aryl methyl sites for hydroxylation is 3. The van der Waals surface area contributed by atoms with E-state index in [2.05, 4.69) is 40.4 Å². The number of hydrogen-bond acceptors (Lipinski definition) is 2. The highest BCUT2D eigenvalue weighted by molar-refractivity contribution is 5.36. The molecule has 2 aromatic rings. The van der Waals surface area contributed by atoms with Crippen LogP contribution in [-0.4, -0.2) is 16.5 Å². The number of nitrogens with one attached hydrogen (secondary N) is 2. The minimum absolute atomic E-state index is 0.428. The first-order valence-corrected chi connectivity index (χ1v) is 7.66. The van der Waals surface area contributed by atoms with Crippen molar-refractivity contribution >= 4 is 0 Å². The molecule has 1 aromatic carbocycles. The first-order chi connectivity index (χ1) is 9.83. The summed E-state index contributed by atoms with van der Waals surface area (Å²) in [7, 11) is 0. The van der Waals surface area contributed by atoms with Crippen LogP contribution >= 0.6 is 0 Å². The summed E-state index contributed by atoms with van der Waals surface area (Å²) >= 11 is 0. The number of aromatic amines is 1. The maximum absolute atomic E-state index is 4.25. The third kappa shape index (κ3) is 3.10. The molecule has 3 nitrogen and oxygen atoms in total. The van der Waals surface area contributed by atoms with E-state index >= 15 is 0 Å². The van der Waals surface area contributed by atoms with Gasteiger partial charge in [0, 0.05) is 24.9 Å². The average Bonchev–Trinajstić information content (AvgIpc) is 3.13. The van der Waals surface area contributed by atoms with Crippen LogP contribution in [0, 0.1) is 0 Å². The number of benzene rings is 1. The summed E-state index contributed by atoms with van der Waals surface area (Å²) in [5.41, 5.74) is 4.54. The molecule has 3 rings (SSSR count). The summed E-state index contributed by atoms with van der Waals surface area (Å²) in [5.74, 6) is 1.08. The van der Waals surface area contributed by atoms with E-state index in [0.717, 1.165) is 25.2 Å². The van der Waals surface area contributed by atoms with Crippen LogP contribution in [0.25, 0.3) is 0 Å². The fraction of sp³-hybridized carbons (Fsp3) is 0.471. The number of hydrogen-bond donors (Lipinski definition) is 2. The van der Waals surface area contributed by atoms with Gasteiger partial charge >= 0.3 is 0 Å². The molecule has 1 heterocycles. The number of aromatic nitrogens is 2. The van der Waals surface area contributed by atoms with E-state index in [4.69, 9.17) is 0 Å². The van der Waals surface area contributed by atoms with E-state index in [1.54, 1.807) is 11.1 Å². The number of H-pyrrole nitrogens is 1. The summed E-state index contributed by atoms with van der Waals surface area (Å²) in [5, 5.41) is 3.61. The second kappa shape index (κ2) is 6.23. The zero-order valence-corrected chi connectivity index (χ0v) is 12.2. The van der Waals surface area contributed by atoms with Gasteiger partial charge in [-0.3, -0.25) is 0 Å². The molecule has 0 aliphatic heterocycles. The van der Waals surface area contributed by atoms with Gasteiger partial charge in [0.2, 0.25) is 0 Å². The van der Waals surface area contributed by atoms with Crippen LogP contribution in [0.3, 0.4) is 0 Å². The minimum atomic E-state index is 0.428. The molecule has 1 aliphatic carbocycles. The lowest BCUT2D eigenvalue weighted by Gasteiger charge is -2.15. The zero-order chi connectivity index (χ0) is 13.8. The average molecular weight is 269 g/mol. The van der Waals surface area contributed by atoms with Crippen LogP contribution < -0.4 is 5.32 Å². The standard InChI is InChI=1S/C17H23N3/c1-13(18-9-3-6-17-19-10-11-20-17)15-8-7-14-4-2-5-16(14)12-15/h7-8,10-13,18H,2-6,9H2,1H3,(H,19,20). The van der Waals surface area contributed by atoms with Crippen LogP contribution in [0.2, 0.25) is 0 Å². The predicted molar refractivity (Wildman–Crippen MR) is 81.8 cm³/mol. The highest BCUT2D eigenvalue weighted by Crippen LogP contribution is 2.25. The number of fused-ring (bicyclic) bond motifs is 1. The molecule has 1 unspecified atom stereocenters. The monoisotopic (exact) mass is 269 g/mol. The van der Waals surface area contributed by atoms with Gasteiger partial charge in [0.05, 0.1) is 0 Å². The van der Waals surface area contributed by atoms with Crippen molar-refractivity contribution in [2.45, 2.75) is 45.1 Å². The van der Waals surface area contributed by atoms with Crippen molar-refractivity contribution in [1.82, 2.24) is 15.3 Å². The van der Waals surface area contributed by atoms with Gasteiger partial charge in [-0.05, 0) is 55.8 Å². The maximum Gasteiger partial charge on any atom is 0.106 e. The van der Waals surface area contributed by atoms with Crippen LogP contribution in [0.15, 0.2) is 30.6 Å². The normalized spacial score (nSPS) is 15.2. The van der Waals surface area contributed by atoms with Crippen molar-refractivity contribution in [3.05, 3.63) is 53.1 Å². The predicted octanol–water partition coefficient (Wildman–Crippen LogP) is 3.18. The van der Waals surface area contributed by atoms with Crippen molar-refractivity contribution in [2.24, 2.45) is 0 Å². The quantitative estimate of drug-likeness (QED) is 0.791. The first kappa shape index (κ1) is 13.4. The minimum Gasteiger partial charge on any atom is -0.349 e. The molecule has 0 radical (unpaired) electrons. The second-order valence-electron chi connectivity index (χ2n) is 5.70. The van der Waals surface area contributed by atoms with E-state index in [-0.39, 0.29) is 0 Å². The Morgan fingerprint density at radius 3 is 3.05 bits per heavy atom. The highest BCUT2D eigenvalue weighted by atomic mass is 14.9. The fourth-order valence-electron chi connectivity index (χ4n) is 2.99. The molecule has 0 saturated carbocycles. The van der Waals surface area contributed by atoms with Gasteiger partial charge in [-0.15, -0.1) is 0 Å². The van der Waals surface area contributed by atoms with Crippen molar-refractivity contribution in [1.29, 1.82) is 0 Å². The van der Waals surface area contributed by atoms with Gasteiger partial charge in [-0.2, -0.15) is 0 Å². The first-order valence-electron chi connectivity index (χ1n) is 7.66. The van der Waals surface area contributed by atoms with Gasteiger partial charge in [-0.1, -0.05) is 18.2 Å². The van der Waals surface area contributed by atoms with Crippen LogP contribution in [0.5, 0.6) is 0 Å². The Kier molecular flexibility index (Phi) is 4.16. The van der Waals surface area contributed by atoms with Gasteiger partial charge < -0.3 is 10.3 Å². The molecule has 2 N–H and O–H groups in total. The van der Waals surface area contributed by atoms with Crippen molar-refractivity contribution < 1.29 is 0 Å². The molecule has 20 heavy (non-hydrogen) atoms. The van der Waals surface area contributed by atoms with Crippen LogP contribution in [0.1, 0.15) is 48.3 Å². The maximum atomic E-state index is 4.25. The van der Waals surface area contributed by atoms with E-state index < -0.39 is 0 Å². The summed E-state index contributed by atoms with van der Waals surface area (Å²) in [6.45, 7) is 3.28. The van der Waals surface area contributed by atoms with Gasteiger partial charge in [0.15, 0.2) is 0 Å². The molecule has 1 aliphatic rings. The number of imidazole rings is 1. The molecule has 1 aromatic heterocycles. The Labute approximate surface area is 120 Å². The molecule has 3 heteroatoms. The number of rotatable bonds is 6. The molecule has 0 saturated heterocycles. The van der Waals surface area contributed by atoms with E-state index in [9.17, 15) is 0 Å². The van der Waals surface area contributed by atoms with E-state index in [1.165, 1.54) is 24.8 Å². The third-order valence-electron chi connectivity index (χ3n) is 4.22. The second-order valence-corrected chi connectivity index (χ2v) is 5.70. The molecule has 0 amide bonds. The molecule has 106 valence electrons. The Morgan fingerprint density at radius 1 is 1.30 bits per heavy atom. The summed E-state index contributed by atoms with van der Waals surface area (Å²) in [6.07, 6.45) is 9.67. The molecule has 0 spiro atoms. The third-order valence-corrected chi connectivity index (χ3v) is 4.22. The van der Waals surface area contributed by atoms with Crippen molar-refractivity contribution in [3.63, 3.8) is 0 Å². The highest BCUT2D eigenvalue weighted by Gasteiger charge is 2.13. The SMILES string of the molecule is CC(NCCCc1ncc[nH]1)c1ccc2c(c1)CCC2.